The van der Waals surface area contributed by atoms with Crippen molar-refractivity contribution in [1.29, 1.82) is 0 Å². The van der Waals surface area contributed by atoms with E-state index in [1.54, 1.807) is 18.9 Å². The number of benzene rings is 1. The molecule has 1 heterocycles. The van der Waals surface area contributed by atoms with Crippen LogP contribution in [-0.2, 0) is 4.79 Å². The molecule has 0 saturated carbocycles. The molecule has 1 aromatic carbocycles. The number of nitrogens with two attached hydrogens (primary N) is 1. The number of carbonyl (C=O) groups is 1. The van der Waals surface area contributed by atoms with Gasteiger partial charge in [0.15, 0.2) is 0 Å². The number of hydrogen-bond acceptors (Lipinski definition) is 4. The van der Waals surface area contributed by atoms with E-state index in [-0.39, 0.29) is 18.0 Å². The highest BCUT2D eigenvalue weighted by atomic mass is 32.2. The molecular formula is C17H26N2O2S. The van der Waals surface area contributed by atoms with Crippen LogP contribution >= 0.6 is 11.8 Å². The maximum Gasteiger partial charge on any atom is 0.239 e. The van der Waals surface area contributed by atoms with Gasteiger partial charge >= 0.3 is 0 Å². The fourth-order valence-electron chi connectivity index (χ4n) is 3.04. The second kappa shape index (κ2) is 7.88. The summed E-state index contributed by atoms with van der Waals surface area (Å²) in [5.74, 6) is 2.27. The zero-order chi connectivity index (χ0) is 16.1. The summed E-state index contributed by atoms with van der Waals surface area (Å²) in [6.07, 6.45) is 3.78. The van der Waals surface area contributed by atoms with E-state index in [4.69, 9.17) is 10.5 Å². The molecule has 1 aliphatic rings. The molecule has 0 aromatic heterocycles. The predicted octanol–water partition coefficient (Wildman–Crippen LogP) is 2.48. The van der Waals surface area contributed by atoms with Crippen molar-refractivity contribution in [2.45, 2.75) is 37.8 Å². The number of methoxy groups -OCH3 is 1. The van der Waals surface area contributed by atoms with E-state index in [1.807, 2.05) is 23.3 Å². The Morgan fingerprint density at radius 2 is 2.14 bits per heavy atom. The van der Waals surface area contributed by atoms with E-state index >= 15 is 0 Å². The second-order valence-electron chi connectivity index (χ2n) is 5.93. The Balaban J connectivity index is 2.00. The molecule has 1 fully saturated rings. The molecule has 22 heavy (non-hydrogen) atoms. The second-order valence-corrected chi connectivity index (χ2v) is 6.92. The van der Waals surface area contributed by atoms with Gasteiger partial charge in [-0.1, -0.05) is 12.1 Å². The van der Waals surface area contributed by atoms with Gasteiger partial charge in [0, 0.05) is 18.5 Å². The number of rotatable bonds is 6. The molecule has 0 aliphatic carbocycles. The molecule has 5 heteroatoms. The van der Waals surface area contributed by atoms with Crippen LogP contribution in [0.25, 0.3) is 0 Å². The van der Waals surface area contributed by atoms with Gasteiger partial charge in [-0.3, -0.25) is 4.79 Å². The zero-order valence-corrected chi connectivity index (χ0v) is 14.4. The van der Waals surface area contributed by atoms with Gasteiger partial charge in [0.2, 0.25) is 5.91 Å². The van der Waals surface area contributed by atoms with Gasteiger partial charge in [-0.2, -0.15) is 11.8 Å². The standard InChI is InChI=1S/C17H26N2O2S/c1-12-10-14(13-4-6-15(21-2)7-5-13)11-19(12)17(20)16(18)8-9-22-3/h4-7,12,14,16H,8-11,18H2,1-3H3/t12-,14+,16+/m1/s1. The Morgan fingerprint density at radius 1 is 1.45 bits per heavy atom. The molecule has 2 N–H and O–H groups in total. The van der Waals surface area contributed by atoms with Crippen molar-refractivity contribution in [2.24, 2.45) is 5.73 Å². The van der Waals surface area contributed by atoms with Gasteiger partial charge in [-0.25, -0.2) is 0 Å². The quantitative estimate of drug-likeness (QED) is 0.874. The lowest BCUT2D eigenvalue weighted by Gasteiger charge is -2.25. The van der Waals surface area contributed by atoms with Crippen molar-refractivity contribution in [1.82, 2.24) is 4.90 Å². The Labute approximate surface area is 137 Å². The maximum atomic E-state index is 12.5. The van der Waals surface area contributed by atoms with Gasteiger partial charge in [-0.05, 0) is 49.5 Å². The fraction of sp³-hybridized carbons (Fsp3) is 0.588. The Bertz CT molecular complexity index is 492. The lowest BCUT2D eigenvalue weighted by molar-refractivity contribution is -0.133. The minimum atomic E-state index is -0.371. The number of likely N-dealkylation sites (tertiary alicyclic amines) is 1. The Kier molecular flexibility index (Phi) is 6.15. The van der Waals surface area contributed by atoms with E-state index < -0.39 is 0 Å². The van der Waals surface area contributed by atoms with Crippen LogP contribution in [0.3, 0.4) is 0 Å². The van der Waals surface area contributed by atoms with E-state index in [0.29, 0.717) is 5.92 Å². The predicted molar refractivity (Wildman–Crippen MR) is 92.5 cm³/mol. The van der Waals surface area contributed by atoms with Crippen LogP contribution < -0.4 is 10.5 Å². The molecule has 1 aliphatic heterocycles. The Morgan fingerprint density at radius 3 is 2.73 bits per heavy atom. The first-order chi connectivity index (χ1) is 10.6. The van der Waals surface area contributed by atoms with Gasteiger partial charge in [0.1, 0.15) is 5.75 Å². The average molecular weight is 322 g/mol. The van der Waals surface area contributed by atoms with Crippen LogP contribution in [0.2, 0.25) is 0 Å². The van der Waals surface area contributed by atoms with Crippen LogP contribution in [0, 0.1) is 0 Å². The van der Waals surface area contributed by atoms with Gasteiger partial charge in [-0.15, -0.1) is 0 Å². The zero-order valence-electron chi connectivity index (χ0n) is 13.6. The molecule has 2 rings (SSSR count). The average Bonchev–Trinajstić information content (AvgIpc) is 2.93. The third-order valence-corrected chi connectivity index (χ3v) is 5.04. The molecule has 0 bridgehead atoms. The van der Waals surface area contributed by atoms with Gasteiger partial charge < -0.3 is 15.4 Å². The first-order valence-corrected chi connectivity index (χ1v) is 9.15. The summed E-state index contributed by atoms with van der Waals surface area (Å²) in [7, 11) is 1.67. The third kappa shape index (κ3) is 3.96. The molecule has 0 unspecified atom stereocenters. The van der Waals surface area contributed by atoms with Crippen molar-refractivity contribution >= 4 is 17.7 Å². The summed E-state index contributed by atoms with van der Waals surface area (Å²) in [5.41, 5.74) is 7.31. The SMILES string of the molecule is COc1ccc([C@H]2C[C@@H](C)N(C(=O)[C@@H](N)CCSC)C2)cc1. The minimum Gasteiger partial charge on any atom is -0.497 e. The van der Waals surface area contributed by atoms with E-state index in [0.717, 1.165) is 30.9 Å². The summed E-state index contributed by atoms with van der Waals surface area (Å²) in [4.78, 5) is 14.5. The summed E-state index contributed by atoms with van der Waals surface area (Å²) in [5, 5.41) is 0. The number of nitrogens with zero attached hydrogens (tertiary/aromatic N) is 1. The monoisotopic (exact) mass is 322 g/mol. The van der Waals surface area contributed by atoms with Gasteiger partial charge in [0.25, 0.3) is 0 Å². The minimum absolute atomic E-state index is 0.0950. The molecule has 1 amide bonds. The van der Waals surface area contributed by atoms with Crippen molar-refractivity contribution in [3.05, 3.63) is 29.8 Å². The number of hydrogen-bond donors (Lipinski definition) is 1. The van der Waals surface area contributed by atoms with E-state index in [2.05, 4.69) is 19.1 Å². The van der Waals surface area contributed by atoms with Crippen molar-refractivity contribution < 1.29 is 9.53 Å². The summed E-state index contributed by atoms with van der Waals surface area (Å²) in [6.45, 7) is 2.88. The normalized spacial score (nSPS) is 22.6. The molecule has 4 nitrogen and oxygen atoms in total. The smallest absolute Gasteiger partial charge is 0.239 e. The number of carbonyl (C=O) groups excluding carboxylic acids is 1. The van der Waals surface area contributed by atoms with Crippen LogP contribution in [0.5, 0.6) is 5.75 Å². The molecule has 122 valence electrons. The molecule has 1 saturated heterocycles. The molecule has 3 atom stereocenters. The number of thioether (sulfide) groups is 1. The van der Waals surface area contributed by atoms with Crippen molar-refractivity contribution in [3.63, 3.8) is 0 Å². The highest BCUT2D eigenvalue weighted by molar-refractivity contribution is 7.98. The van der Waals surface area contributed by atoms with E-state index in [9.17, 15) is 4.79 Å². The van der Waals surface area contributed by atoms with Crippen molar-refractivity contribution in [2.75, 3.05) is 25.7 Å². The first kappa shape index (κ1) is 17.2. The third-order valence-electron chi connectivity index (χ3n) is 4.40. The van der Waals surface area contributed by atoms with Crippen LogP contribution in [0.4, 0.5) is 0 Å². The van der Waals surface area contributed by atoms with Crippen LogP contribution in [-0.4, -0.2) is 48.6 Å². The summed E-state index contributed by atoms with van der Waals surface area (Å²) >= 11 is 1.73. The fourth-order valence-corrected chi connectivity index (χ4v) is 3.53. The van der Waals surface area contributed by atoms with Crippen molar-refractivity contribution in [3.8, 4) is 5.75 Å². The van der Waals surface area contributed by atoms with Crippen LogP contribution in [0.1, 0.15) is 31.2 Å². The Hall–Kier alpha value is -1.20. The van der Waals surface area contributed by atoms with Crippen LogP contribution in [0.15, 0.2) is 24.3 Å². The summed E-state index contributed by atoms with van der Waals surface area (Å²) in [6, 6.07) is 8.03. The largest absolute Gasteiger partial charge is 0.497 e. The van der Waals surface area contributed by atoms with E-state index in [1.165, 1.54) is 5.56 Å². The topological polar surface area (TPSA) is 55.6 Å². The maximum absolute atomic E-state index is 12.5. The lowest BCUT2D eigenvalue weighted by Crippen LogP contribution is -2.45. The molecular weight excluding hydrogens is 296 g/mol. The van der Waals surface area contributed by atoms with Gasteiger partial charge in [0.05, 0.1) is 13.2 Å². The molecule has 0 spiro atoms. The molecule has 1 aromatic rings. The summed E-state index contributed by atoms with van der Waals surface area (Å²) < 4.78 is 5.20. The first-order valence-electron chi connectivity index (χ1n) is 7.75. The lowest BCUT2D eigenvalue weighted by atomic mass is 9.97. The number of amides is 1. The number of ether oxygens (including phenoxy) is 1. The highest BCUT2D eigenvalue weighted by Crippen LogP contribution is 2.32. The molecule has 0 radical (unpaired) electrons. The highest BCUT2D eigenvalue weighted by Gasteiger charge is 2.34.